The van der Waals surface area contributed by atoms with E-state index in [0.29, 0.717) is 43.5 Å². The molecular weight excluding hydrogens is 432 g/mol. The fraction of sp³-hybridized carbons (Fsp3) is 0.217. The third-order valence-corrected chi connectivity index (χ3v) is 5.19. The Labute approximate surface area is 188 Å². The molecule has 1 aromatic carbocycles. The van der Waals surface area contributed by atoms with Crippen molar-refractivity contribution in [1.29, 1.82) is 5.41 Å². The monoisotopic (exact) mass is 453 g/mol. The lowest BCUT2D eigenvalue weighted by Crippen LogP contribution is -2.36. The number of rotatable bonds is 6. The number of aromatic nitrogens is 2. The van der Waals surface area contributed by atoms with E-state index >= 15 is 0 Å². The molecule has 0 unspecified atom stereocenters. The van der Waals surface area contributed by atoms with Gasteiger partial charge in [-0.1, -0.05) is 0 Å². The molecular formula is C23H21F2N5O3. The van der Waals surface area contributed by atoms with Crippen molar-refractivity contribution in [2.75, 3.05) is 36.5 Å². The molecule has 3 heterocycles. The average molecular weight is 453 g/mol. The number of halogens is 2. The Morgan fingerprint density at radius 2 is 1.94 bits per heavy atom. The third kappa shape index (κ3) is 4.80. The maximum atomic E-state index is 14.2. The highest BCUT2D eigenvalue weighted by Crippen LogP contribution is 2.32. The van der Waals surface area contributed by atoms with E-state index in [1.54, 1.807) is 12.3 Å². The first-order valence-corrected chi connectivity index (χ1v) is 10.2. The van der Waals surface area contributed by atoms with Gasteiger partial charge in [-0.15, -0.1) is 0 Å². The topological polar surface area (TPSA) is 111 Å². The number of ether oxygens (including phenoxy) is 1. The molecule has 0 radical (unpaired) electrons. The van der Waals surface area contributed by atoms with Gasteiger partial charge >= 0.3 is 5.97 Å². The fourth-order valence-electron chi connectivity index (χ4n) is 3.60. The molecule has 0 spiro atoms. The minimum atomic E-state index is -1.29. The predicted molar refractivity (Wildman–Crippen MR) is 120 cm³/mol. The van der Waals surface area contributed by atoms with Gasteiger partial charge in [-0.3, -0.25) is 0 Å². The summed E-state index contributed by atoms with van der Waals surface area (Å²) in [5, 5.41) is 20.6. The number of carboxylic acids is 1. The highest BCUT2D eigenvalue weighted by atomic mass is 19.1. The normalized spacial score (nSPS) is 13.6. The number of morpholine rings is 1. The molecule has 33 heavy (non-hydrogen) atoms. The summed E-state index contributed by atoms with van der Waals surface area (Å²) in [5.74, 6) is -2.18. The van der Waals surface area contributed by atoms with E-state index in [1.807, 2.05) is 6.07 Å². The lowest BCUT2D eigenvalue weighted by molar-refractivity contribution is 0.0690. The number of benzene rings is 1. The van der Waals surface area contributed by atoms with Crippen LogP contribution >= 0.6 is 0 Å². The van der Waals surface area contributed by atoms with Gasteiger partial charge in [-0.2, -0.15) is 0 Å². The van der Waals surface area contributed by atoms with Crippen LogP contribution in [0, 0.1) is 17.0 Å². The molecule has 8 nitrogen and oxygen atoms in total. The van der Waals surface area contributed by atoms with Crippen LogP contribution in [0.1, 0.15) is 23.0 Å². The van der Waals surface area contributed by atoms with E-state index in [2.05, 4.69) is 20.2 Å². The summed E-state index contributed by atoms with van der Waals surface area (Å²) < 4.78 is 32.9. The van der Waals surface area contributed by atoms with Crippen LogP contribution < -0.4 is 10.2 Å². The second-order valence-corrected chi connectivity index (χ2v) is 7.46. The molecule has 0 atom stereocenters. The summed E-state index contributed by atoms with van der Waals surface area (Å²) in [6, 6.07) is 7.91. The first-order chi connectivity index (χ1) is 15.8. The molecule has 3 N–H and O–H groups in total. The summed E-state index contributed by atoms with van der Waals surface area (Å²) in [6.45, 7) is 4.17. The number of hydrogen-bond acceptors (Lipinski definition) is 7. The molecule has 0 bridgehead atoms. The Morgan fingerprint density at radius 3 is 2.55 bits per heavy atom. The lowest BCUT2D eigenvalue weighted by Gasteiger charge is -2.27. The van der Waals surface area contributed by atoms with Crippen molar-refractivity contribution in [3.63, 3.8) is 0 Å². The number of carbonyl (C=O) groups is 1. The maximum absolute atomic E-state index is 14.2. The maximum Gasteiger partial charge on any atom is 0.354 e. The minimum absolute atomic E-state index is 0.0276. The smallest absolute Gasteiger partial charge is 0.354 e. The van der Waals surface area contributed by atoms with Crippen LogP contribution in [0.5, 0.6) is 0 Å². The third-order valence-electron chi connectivity index (χ3n) is 5.19. The number of hydrogen-bond donors (Lipinski definition) is 3. The number of pyridine rings is 2. The zero-order valence-electron chi connectivity index (χ0n) is 17.7. The van der Waals surface area contributed by atoms with Gasteiger partial charge in [0.05, 0.1) is 18.9 Å². The summed E-state index contributed by atoms with van der Waals surface area (Å²) >= 11 is 0. The highest BCUT2D eigenvalue weighted by Gasteiger charge is 2.21. The molecule has 1 aliphatic rings. The molecule has 1 saturated heterocycles. The number of anilines is 3. The van der Waals surface area contributed by atoms with Crippen LogP contribution in [0.2, 0.25) is 0 Å². The molecule has 1 fully saturated rings. The first-order valence-electron chi connectivity index (χ1n) is 10.2. The van der Waals surface area contributed by atoms with Gasteiger partial charge in [0.15, 0.2) is 5.69 Å². The van der Waals surface area contributed by atoms with Gasteiger partial charge in [0.25, 0.3) is 0 Å². The Hall–Kier alpha value is -3.92. The molecule has 10 heteroatoms. The van der Waals surface area contributed by atoms with Crippen molar-refractivity contribution >= 4 is 29.0 Å². The average Bonchev–Trinajstić information content (AvgIpc) is 2.81. The number of aromatic carboxylic acids is 1. The van der Waals surface area contributed by atoms with Crippen LogP contribution in [-0.4, -0.2) is 53.1 Å². The SMILES string of the molecule is CC(=N)c1c(-c2ccc(N3CCOCC3)nc2)cc(C(=O)O)nc1Nc1ccc(F)cc1F. The highest BCUT2D eigenvalue weighted by molar-refractivity contribution is 6.08. The van der Waals surface area contributed by atoms with E-state index in [0.717, 1.165) is 11.9 Å². The van der Waals surface area contributed by atoms with Gasteiger partial charge in [0, 0.05) is 42.2 Å². The van der Waals surface area contributed by atoms with E-state index < -0.39 is 17.6 Å². The van der Waals surface area contributed by atoms with Gasteiger partial charge in [0.1, 0.15) is 23.3 Å². The summed E-state index contributed by atoms with van der Waals surface area (Å²) in [5.41, 5.74) is 0.946. The molecule has 170 valence electrons. The molecule has 3 aromatic rings. The Balaban J connectivity index is 1.79. The Kier molecular flexibility index (Phi) is 6.27. The van der Waals surface area contributed by atoms with Crippen LogP contribution in [0.25, 0.3) is 11.1 Å². The van der Waals surface area contributed by atoms with E-state index in [4.69, 9.17) is 10.1 Å². The molecule has 0 saturated carbocycles. The van der Waals surface area contributed by atoms with Gasteiger partial charge in [-0.05, 0) is 42.8 Å². The second kappa shape index (κ2) is 9.29. The van der Waals surface area contributed by atoms with E-state index in [9.17, 15) is 18.7 Å². The second-order valence-electron chi connectivity index (χ2n) is 7.46. The molecule has 0 aliphatic carbocycles. The summed E-state index contributed by atoms with van der Waals surface area (Å²) in [4.78, 5) is 22.4. The van der Waals surface area contributed by atoms with Gasteiger partial charge < -0.3 is 25.5 Å². The van der Waals surface area contributed by atoms with Crippen LogP contribution in [-0.2, 0) is 4.74 Å². The van der Waals surface area contributed by atoms with Crippen molar-refractivity contribution in [2.24, 2.45) is 0 Å². The molecule has 0 amide bonds. The minimum Gasteiger partial charge on any atom is -0.477 e. The number of nitrogens with zero attached hydrogens (tertiary/aromatic N) is 3. The van der Waals surface area contributed by atoms with Gasteiger partial charge in [-0.25, -0.2) is 23.5 Å². The van der Waals surface area contributed by atoms with Crippen molar-refractivity contribution < 1.29 is 23.4 Å². The standard InChI is InChI=1S/C23H21F2N5O3/c1-13(26)21-16(14-2-5-20(27-12-14)30-6-8-33-9-7-30)11-19(23(31)32)29-22(21)28-18-4-3-15(24)10-17(18)25/h2-5,10-12,26H,6-9H2,1H3,(H,28,29)(H,31,32). The Morgan fingerprint density at radius 1 is 1.18 bits per heavy atom. The van der Waals surface area contributed by atoms with Crippen molar-refractivity contribution in [1.82, 2.24) is 9.97 Å². The quantitative estimate of drug-likeness (QED) is 0.482. The van der Waals surface area contributed by atoms with E-state index in [-0.39, 0.29) is 28.5 Å². The molecule has 4 rings (SSSR count). The van der Waals surface area contributed by atoms with Crippen LogP contribution in [0.15, 0.2) is 42.6 Å². The summed E-state index contributed by atoms with van der Waals surface area (Å²) in [6.07, 6.45) is 1.60. The van der Waals surface area contributed by atoms with Crippen LogP contribution in [0.3, 0.4) is 0 Å². The van der Waals surface area contributed by atoms with Gasteiger partial charge in [0.2, 0.25) is 0 Å². The predicted octanol–water partition coefficient (Wildman–Crippen LogP) is 4.09. The zero-order valence-corrected chi connectivity index (χ0v) is 17.7. The van der Waals surface area contributed by atoms with E-state index in [1.165, 1.54) is 19.1 Å². The van der Waals surface area contributed by atoms with Crippen molar-refractivity contribution in [2.45, 2.75) is 6.92 Å². The van der Waals surface area contributed by atoms with Crippen molar-refractivity contribution in [3.8, 4) is 11.1 Å². The summed E-state index contributed by atoms with van der Waals surface area (Å²) in [7, 11) is 0. The fourth-order valence-corrected chi connectivity index (χ4v) is 3.60. The zero-order chi connectivity index (χ0) is 23.5. The molecule has 2 aromatic heterocycles. The van der Waals surface area contributed by atoms with Crippen molar-refractivity contribution in [3.05, 3.63) is 65.5 Å². The number of carboxylic acid groups (broad SMARTS) is 1. The lowest BCUT2D eigenvalue weighted by atomic mass is 9.97. The van der Waals surface area contributed by atoms with Crippen LogP contribution in [0.4, 0.5) is 26.1 Å². The number of nitrogens with one attached hydrogen (secondary N) is 2. The molecule has 1 aliphatic heterocycles. The largest absolute Gasteiger partial charge is 0.477 e. The first kappa shape index (κ1) is 22.3. The Bertz CT molecular complexity index is 1210.